The standard InChI is InChI=1S/C14H17N3O2/c15-10-12-6-2-3-7-13(12)19-11-14(18)16-17-8-4-1-5-9-17/h2-3,6-7H,1,4-5,8-9,11H2,(H,16,18). The third-order valence-corrected chi connectivity index (χ3v) is 3.01. The average molecular weight is 259 g/mol. The van der Waals surface area contributed by atoms with Gasteiger partial charge >= 0.3 is 0 Å². The van der Waals surface area contributed by atoms with E-state index in [4.69, 9.17) is 10.00 Å². The van der Waals surface area contributed by atoms with E-state index in [0.29, 0.717) is 11.3 Å². The van der Waals surface area contributed by atoms with Crippen LogP contribution in [0.1, 0.15) is 24.8 Å². The molecular weight excluding hydrogens is 242 g/mol. The van der Waals surface area contributed by atoms with E-state index < -0.39 is 0 Å². The van der Waals surface area contributed by atoms with Crippen LogP contribution in [0.25, 0.3) is 0 Å². The Balaban J connectivity index is 1.81. The molecule has 1 aliphatic rings. The first kappa shape index (κ1) is 13.4. The molecule has 1 aromatic carbocycles. The smallest absolute Gasteiger partial charge is 0.272 e. The van der Waals surface area contributed by atoms with E-state index in [1.807, 2.05) is 11.1 Å². The van der Waals surface area contributed by atoms with E-state index in [-0.39, 0.29) is 12.5 Å². The summed E-state index contributed by atoms with van der Waals surface area (Å²) in [6.07, 6.45) is 3.44. The summed E-state index contributed by atoms with van der Waals surface area (Å²) in [5.74, 6) is 0.258. The highest BCUT2D eigenvalue weighted by atomic mass is 16.5. The van der Waals surface area contributed by atoms with Crippen LogP contribution in [0.5, 0.6) is 5.75 Å². The number of benzene rings is 1. The molecule has 2 rings (SSSR count). The first-order valence-electron chi connectivity index (χ1n) is 6.46. The van der Waals surface area contributed by atoms with Crippen molar-refractivity contribution in [2.75, 3.05) is 19.7 Å². The molecule has 1 saturated heterocycles. The van der Waals surface area contributed by atoms with E-state index >= 15 is 0 Å². The number of piperidine rings is 1. The molecule has 1 N–H and O–H groups in total. The zero-order valence-corrected chi connectivity index (χ0v) is 10.8. The highest BCUT2D eigenvalue weighted by Crippen LogP contribution is 2.16. The highest BCUT2D eigenvalue weighted by Gasteiger charge is 2.13. The second-order valence-electron chi connectivity index (χ2n) is 4.48. The summed E-state index contributed by atoms with van der Waals surface area (Å²) in [5.41, 5.74) is 3.25. The molecule has 100 valence electrons. The van der Waals surface area contributed by atoms with Crippen LogP contribution in [-0.4, -0.2) is 30.6 Å². The van der Waals surface area contributed by atoms with Gasteiger partial charge in [0.2, 0.25) is 0 Å². The topological polar surface area (TPSA) is 65.4 Å². The fourth-order valence-corrected chi connectivity index (χ4v) is 2.04. The van der Waals surface area contributed by atoms with Crippen molar-refractivity contribution in [1.82, 2.24) is 10.4 Å². The normalized spacial score (nSPS) is 15.5. The summed E-state index contributed by atoms with van der Waals surface area (Å²) in [5, 5.41) is 10.8. The van der Waals surface area contributed by atoms with E-state index in [0.717, 1.165) is 25.9 Å². The van der Waals surface area contributed by atoms with Gasteiger partial charge in [-0.05, 0) is 25.0 Å². The van der Waals surface area contributed by atoms with E-state index in [1.54, 1.807) is 24.3 Å². The number of hydrazine groups is 1. The molecule has 0 atom stereocenters. The molecule has 0 saturated carbocycles. The lowest BCUT2D eigenvalue weighted by molar-refractivity contribution is -0.128. The Bertz CT molecular complexity index is 476. The first-order valence-corrected chi connectivity index (χ1v) is 6.46. The molecule has 1 amide bonds. The number of hydrogen-bond acceptors (Lipinski definition) is 4. The minimum absolute atomic E-state index is 0.0742. The van der Waals surface area contributed by atoms with E-state index in [2.05, 4.69) is 5.43 Å². The summed E-state index contributed by atoms with van der Waals surface area (Å²) < 4.78 is 5.37. The molecule has 1 fully saturated rings. The van der Waals surface area contributed by atoms with E-state index in [9.17, 15) is 4.79 Å². The van der Waals surface area contributed by atoms with Crippen LogP contribution in [0.15, 0.2) is 24.3 Å². The maximum absolute atomic E-state index is 11.7. The van der Waals surface area contributed by atoms with Crippen LogP contribution in [0.4, 0.5) is 0 Å². The SMILES string of the molecule is N#Cc1ccccc1OCC(=O)NN1CCCCC1. The zero-order chi connectivity index (χ0) is 13.5. The van der Waals surface area contributed by atoms with Gasteiger partial charge < -0.3 is 4.74 Å². The monoisotopic (exact) mass is 259 g/mol. The largest absolute Gasteiger partial charge is 0.482 e. The number of carbonyl (C=O) groups is 1. The van der Waals surface area contributed by atoms with Crippen molar-refractivity contribution in [2.45, 2.75) is 19.3 Å². The highest BCUT2D eigenvalue weighted by molar-refractivity contribution is 5.77. The molecule has 0 spiro atoms. The number of hydrogen-bond donors (Lipinski definition) is 1. The quantitative estimate of drug-likeness (QED) is 0.889. The molecule has 1 aliphatic heterocycles. The Morgan fingerprint density at radius 2 is 2.05 bits per heavy atom. The summed E-state index contributed by atoms with van der Waals surface area (Å²) in [6, 6.07) is 8.92. The minimum atomic E-state index is -0.186. The number of rotatable bonds is 4. The third-order valence-electron chi connectivity index (χ3n) is 3.01. The van der Waals surface area contributed by atoms with Crippen molar-refractivity contribution in [3.05, 3.63) is 29.8 Å². The molecule has 0 bridgehead atoms. The molecule has 5 heteroatoms. The van der Waals surface area contributed by atoms with Crippen molar-refractivity contribution in [2.24, 2.45) is 0 Å². The second-order valence-corrected chi connectivity index (χ2v) is 4.48. The second kappa shape index (κ2) is 6.76. The van der Waals surface area contributed by atoms with E-state index in [1.165, 1.54) is 6.42 Å². The van der Waals surface area contributed by atoms with Crippen molar-refractivity contribution in [1.29, 1.82) is 5.26 Å². The number of amides is 1. The van der Waals surface area contributed by atoms with Gasteiger partial charge in [0.05, 0.1) is 5.56 Å². The van der Waals surface area contributed by atoms with Crippen molar-refractivity contribution >= 4 is 5.91 Å². The average Bonchev–Trinajstić information content (AvgIpc) is 2.46. The number of ether oxygens (including phenoxy) is 1. The number of nitriles is 1. The van der Waals surface area contributed by atoms with Gasteiger partial charge in [0.25, 0.3) is 5.91 Å². The third kappa shape index (κ3) is 3.97. The predicted molar refractivity (Wildman–Crippen MR) is 70.2 cm³/mol. The summed E-state index contributed by atoms with van der Waals surface area (Å²) in [6.45, 7) is 1.70. The molecule has 0 aliphatic carbocycles. The molecule has 1 heterocycles. The lowest BCUT2D eigenvalue weighted by atomic mass is 10.2. The van der Waals surface area contributed by atoms with Crippen LogP contribution in [0.2, 0.25) is 0 Å². The minimum Gasteiger partial charge on any atom is -0.482 e. The van der Waals surface area contributed by atoms with Crippen LogP contribution in [-0.2, 0) is 4.79 Å². The maximum atomic E-state index is 11.7. The predicted octanol–water partition coefficient (Wildman–Crippen LogP) is 1.45. The zero-order valence-electron chi connectivity index (χ0n) is 10.8. The first-order chi connectivity index (χ1) is 9.29. The van der Waals surface area contributed by atoms with Crippen LogP contribution < -0.4 is 10.2 Å². The molecule has 0 aromatic heterocycles. The Morgan fingerprint density at radius 1 is 1.32 bits per heavy atom. The van der Waals surface area contributed by atoms with Crippen LogP contribution in [0, 0.1) is 11.3 Å². The molecule has 0 radical (unpaired) electrons. The lowest BCUT2D eigenvalue weighted by Crippen LogP contribution is -2.46. The molecular formula is C14H17N3O2. The Hall–Kier alpha value is -2.06. The van der Waals surface area contributed by atoms with Crippen LogP contribution in [0.3, 0.4) is 0 Å². The molecule has 5 nitrogen and oxygen atoms in total. The molecule has 19 heavy (non-hydrogen) atoms. The molecule has 0 unspecified atom stereocenters. The molecule has 1 aromatic rings. The summed E-state index contributed by atoms with van der Waals surface area (Å²) >= 11 is 0. The van der Waals surface area contributed by atoms with Crippen molar-refractivity contribution in [3.63, 3.8) is 0 Å². The van der Waals surface area contributed by atoms with Gasteiger partial charge in [-0.15, -0.1) is 0 Å². The number of carbonyl (C=O) groups excluding carboxylic acids is 1. The summed E-state index contributed by atoms with van der Waals surface area (Å²) in [7, 11) is 0. The van der Waals surface area contributed by atoms with Crippen LogP contribution >= 0.6 is 0 Å². The van der Waals surface area contributed by atoms with Crippen molar-refractivity contribution in [3.8, 4) is 11.8 Å². The lowest BCUT2D eigenvalue weighted by Gasteiger charge is -2.26. The number of nitrogens with zero attached hydrogens (tertiary/aromatic N) is 2. The number of para-hydroxylation sites is 1. The van der Waals surface area contributed by atoms with Gasteiger partial charge in [0.1, 0.15) is 11.8 Å². The van der Waals surface area contributed by atoms with Gasteiger partial charge in [0, 0.05) is 13.1 Å². The van der Waals surface area contributed by atoms with Gasteiger partial charge in [-0.25, -0.2) is 5.01 Å². The maximum Gasteiger partial charge on any atom is 0.272 e. The van der Waals surface area contributed by atoms with Gasteiger partial charge in [-0.2, -0.15) is 5.26 Å². The Labute approximate surface area is 112 Å². The fourth-order valence-electron chi connectivity index (χ4n) is 2.04. The Kier molecular flexibility index (Phi) is 4.76. The van der Waals surface area contributed by atoms with Gasteiger partial charge in [-0.1, -0.05) is 18.6 Å². The van der Waals surface area contributed by atoms with Gasteiger partial charge in [-0.3, -0.25) is 10.2 Å². The fraction of sp³-hybridized carbons (Fsp3) is 0.429. The van der Waals surface area contributed by atoms with Gasteiger partial charge in [0.15, 0.2) is 6.61 Å². The number of nitrogens with one attached hydrogen (secondary N) is 1. The summed E-state index contributed by atoms with van der Waals surface area (Å²) in [4.78, 5) is 11.7. The Morgan fingerprint density at radius 3 is 2.79 bits per heavy atom. The van der Waals surface area contributed by atoms with Crippen molar-refractivity contribution < 1.29 is 9.53 Å².